The molecule has 0 bridgehead atoms. The van der Waals surface area contributed by atoms with Gasteiger partial charge in [0.2, 0.25) is 11.1 Å². The van der Waals surface area contributed by atoms with Crippen LogP contribution in [0.5, 0.6) is 5.75 Å². The maximum atomic E-state index is 12.2. The van der Waals surface area contributed by atoms with Gasteiger partial charge < -0.3 is 10.1 Å². The standard InChI is InChI=1S/C14H19N5O2S/c1-9(2)19-14(16-17-18-19)22-10(3)13(20)15-11-5-7-12(21-4)8-6-11/h5-10H,1-4H3,(H,15,20). The lowest BCUT2D eigenvalue weighted by molar-refractivity contribution is -0.115. The van der Waals surface area contributed by atoms with Crippen LogP contribution < -0.4 is 10.1 Å². The molecule has 0 fully saturated rings. The van der Waals surface area contributed by atoms with Crippen molar-refractivity contribution in [2.45, 2.75) is 37.2 Å². The Morgan fingerprint density at radius 1 is 1.27 bits per heavy atom. The molecule has 8 heteroatoms. The molecule has 1 amide bonds. The molecule has 0 radical (unpaired) electrons. The van der Waals surface area contributed by atoms with E-state index in [0.29, 0.717) is 5.16 Å². The Balaban J connectivity index is 1.98. The topological polar surface area (TPSA) is 81.9 Å². The van der Waals surface area contributed by atoms with Crippen LogP contribution in [0.3, 0.4) is 0 Å². The van der Waals surface area contributed by atoms with Gasteiger partial charge >= 0.3 is 0 Å². The van der Waals surface area contributed by atoms with E-state index in [1.807, 2.05) is 20.8 Å². The number of anilines is 1. The molecule has 1 aromatic heterocycles. The number of thioether (sulfide) groups is 1. The maximum Gasteiger partial charge on any atom is 0.237 e. The fourth-order valence-corrected chi connectivity index (χ4v) is 2.64. The molecular formula is C14H19N5O2S. The van der Waals surface area contributed by atoms with Crippen molar-refractivity contribution in [3.05, 3.63) is 24.3 Å². The van der Waals surface area contributed by atoms with E-state index in [-0.39, 0.29) is 17.2 Å². The predicted molar refractivity (Wildman–Crippen MR) is 85.1 cm³/mol. The fourth-order valence-electron chi connectivity index (χ4n) is 1.72. The molecule has 0 saturated heterocycles. The highest BCUT2D eigenvalue weighted by Crippen LogP contribution is 2.24. The molecule has 1 unspecified atom stereocenters. The largest absolute Gasteiger partial charge is 0.497 e. The van der Waals surface area contributed by atoms with Gasteiger partial charge in [0.15, 0.2) is 0 Å². The first-order chi connectivity index (χ1) is 10.5. The Morgan fingerprint density at radius 2 is 1.95 bits per heavy atom. The van der Waals surface area contributed by atoms with E-state index < -0.39 is 0 Å². The van der Waals surface area contributed by atoms with Gasteiger partial charge in [-0.1, -0.05) is 11.8 Å². The molecule has 0 saturated carbocycles. The van der Waals surface area contributed by atoms with Crippen molar-refractivity contribution in [1.82, 2.24) is 20.2 Å². The molecule has 1 N–H and O–H groups in total. The molecule has 1 heterocycles. The first kappa shape index (κ1) is 16.3. The number of amides is 1. The number of hydrogen-bond donors (Lipinski definition) is 1. The molecule has 0 aliphatic rings. The number of nitrogens with zero attached hydrogens (tertiary/aromatic N) is 4. The number of ether oxygens (including phenoxy) is 1. The highest BCUT2D eigenvalue weighted by Gasteiger charge is 2.19. The summed E-state index contributed by atoms with van der Waals surface area (Å²) in [5.74, 6) is 0.644. The number of carbonyl (C=O) groups is 1. The van der Waals surface area contributed by atoms with Crippen molar-refractivity contribution in [3.63, 3.8) is 0 Å². The van der Waals surface area contributed by atoms with Gasteiger partial charge in [-0.3, -0.25) is 4.79 Å². The van der Waals surface area contributed by atoms with Gasteiger partial charge in [-0.05, 0) is 55.5 Å². The molecule has 1 aromatic carbocycles. The highest BCUT2D eigenvalue weighted by molar-refractivity contribution is 8.00. The Kier molecular flexibility index (Phi) is 5.37. The predicted octanol–water partition coefficient (Wildman–Crippen LogP) is 2.38. The summed E-state index contributed by atoms with van der Waals surface area (Å²) in [6.45, 7) is 5.80. The third-order valence-corrected chi connectivity index (χ3v) is 4.01. The molecular weight excluding hydrogens is 302 g/mol. The second kappa shape index (κ2) is 7.26. The van der Waals surface area contributed by atoms with E-state index in [1.54, 1.807) is 36.1 Å². The summed E-state index contributed by atoms with van der Waals surface area (Å²) in [4.78, 5) is 12.2. The number of benzene rings is 1. The normalized spacial score (nSPS) is 12.2. The quantitative estimate of drug-likeness (QED) is 0.823. The molecule has 0 spiro atoms. The second-order valence-electron chi connectivity index (χ2n) is 4.98. The minimum atomic E-state index is -0.314. The van der Waals surface area contributed by atoms with Crippen molar-refractivity contribution in [2.24, 2.45) is 0 Å². The molecule has 1 atom stereocenters. The van der Waals surface area contributed by atoms with E-state index in [2.05, 4.69) is 20.8 Å². The minimum absolute atomic E-state index is 0.103. The summed E-state index contributed by atoms with van der Waals surface area (Å²) in [7, 11) is 1.60. The lowest BCUT2D eigenvalue weighted by atomic mass is 10.3. The Hall–Kier alpha value is -2.09. The molecule has 7 nitrogen and oxygen atoms in total. The van der Waals surface area contributed by atoms with Gasteiger partial charge in [-0.2, -0.15) is 0 Å². The van der Waals surface area contributed by atoms with Crippen LogP contribution in [0.25, 0.3) is 0 Å². The number of nitrogens with one attached hydrogen (secondary N) is 1. The van der Waals surface area contributed by atoms with Gasteiger partial charge in [-0.15, -0.1) is 5.10 Å². The fraction of sp³-hybridized carbons (Fsp3) is 0.429. The average molecular weight is 321 g/mol. The smallest absolute Gasteiger partial charge is 0.237 e. The van der Waals surface area contributed by atoms with E-state index in [0.717, 1.165) is 11.4 Å². The zero-order chi connectivity index (χ0) is 16.1. The van der Waals surface area contributed by atoms with Gasteiger partial charge in [0.1, 0.15) is 5.75 Å². The summed E-state index contributed by atoms with van der Waals surface area (Å²) in [6.07, 6.45) is 0. The number of aromatic nitrogens is 4. The third kappa shape index (κ3) is 3.97. The average Bonchev–Trinajstić information content (AvgIpc) is 2.96. The van der Waals surface area contributed by atoms with Gasteiger partial charge in [0.25, 0.3) is 0 Å². The van der Waals surface area contributed by atoms with Crippen LogP contribution in [-0.4, -0.2) is 38.5 Å². The van der Waals surface area contributed by atoms with Crippen LogP contribution in [-0.2, 0) is 4.79 Å². The third-order valence-electron chi connectivity index (χ3n) is 2.96. The van der Waals surface area contributed by atoms with Crippen molar-refractivity contribution in [1.29, 1.82) is 0 Å². The minimum Gasteiger partial charge on any atom is -0.497 e. The Morgan fingerprint density at radius 3 is 2.55 bits per heavy atom. The number of tetrazole rings is 1. The van der Waals surface area contributed by atoms with Gasteiger partial charge in [0, 0.05) is 5.69 Å². The van der Waals surface area contributed by atoms with E-state index in [1.165, 1.54) is 11.8 Å². The van der Waals surface area contributed by atoms with Crippen LogP contribution in [0.1, 0.15) is 26.8 Å². The molecule has 22 heavy (non-hydrogen) atoms. The number of hydrogen-bond acceptors (Lipinski definition) is 6. The van der Waals surface area contributed by atoms with Crippen LogP contribution >= 0.6 is 11.8 Å². The summed E-state index contributed by atoms with van der Waals surface area (Å²) in [6, 6.07) is 7.34. The van der Waals surface area contributed by atoms with Crippen molar-refractivity contribution < 1.29 is 9.53 Å². The molecule has 2 rings (SSSR count). The zero-order valence-corrected chi connectivity index (χ0v) is 13.8. The summed E-state index contributed by atoms with van der Waals surface area (Å²) in [5, 5.41) is 14.7. The lowest BCUT2D eigenvalue weighted by Crippen LogP contribution is -2.23. The number of methoxy groups -OCH3 is 1. The van der Waals surface area contributed by atoms with E-state index in [4.69, 9.17) is 4.74 Å². The monoisotopic (exact) mass is 321 g/mol. The van der Waals surface area contributed by atoms with E-state index in [9.17, 15) is 4.79 Å². The zero-order valence-electron chi connectivity index (χ0n) is 13.0. The van der Waals surface area contributed by atoms with Crippen LogP contribution in [0, 0.1) is 0 Å². The first-order valence-corrected chi connectivity index (χ1v) is 7.78. The van der Waals surface area contributed by atoms with Crippen LogP contribution in [0.15, 0.2) is 29.4 Å². The summed E-state index contributed by atoms with van der Waals surface area (Å²) >= 11 is 1.33. The molecule has 0 aliphatic carbocycles. The van der Waals surface area contributed by atoms with Crippen molar-refractivity contribution in [3.8, 4) is 5.75 Å². The lowest BCUT2D eigenvalue weighted by Gasteiger charge is -2.13. The van der Waals surface area contributed by atoms with Crippen molar-refractivity contribution in [2.75, 3.05) is 12.4 Å². The Bertz CT molecular complexity index is 626. The van der Waals surface area contributed by atoms with Gasteiger partial charge in [0.05, 0.1) is 18.4 Å². The second-order valence-corrected chi connectivity index (χ2v) is 6.29. The molecule has 118 valence electrons. The maximum absolute atomic E-state index is 12.2. The van der Waals surface area contributed by atoms with Crippen molar-refractivity contribution >= 4 is 23.4 Å². The van der Waals surface area contributed by atoms with Crippen LogP contribution in [0.2, 0.25) is 0 Å². The summed E-state index contributed by atoms with van der Waals surface area (Å²) in [5.41, 5.74) is 0.724. The molecule has 0 aliphatic heterocycles. The molecule has 2 aromatic rings. The van der Waals surface area contributed by atoms with E-state index >= 15 is 0 Å². The van der Waals surface area contributed by atoms with Crippen LogP contribution in [0.4, 0.5) is 5.69 Å². The number of rotatable bonds is 6. The summed E-state index contributed by atoms with van der Waals surface area (Å²) < 4.78 is 6.78. The Labute approximate surface area is 133 Å². The number of carbonyl (C=O) groups excluding carboxylic acids is 1. The SMILES string of the molecule is COc1ccc(NC(=O)C(C)Sc2nnnn2C(C)C)cc1. The first-order valence-electron chi connectivity index (χ1n) is 6.90. The highest BCUT2D eigenvalue weighted by atomic mass is 32.2. The van der Waals surface area contributed by atoms with Gasteiger partial charge in [-0.25, -0.2) is 4.68 Å².